The van der Waals surface area contributed by atoms with Crippen molar-refractivity contribution in [1.82, 2.24) is 10.2 Å². The minimum Gasteiger partial charge on any atom is -0.313 e. The van der Waals surface area contributed by atoms with Gasteiger partial charge in [0.25, 0.3) is 0 Å². The van der Waals surface area contributed by atoms with Crippen LogP contribution in [0.4, 0.5) is 0 Å². The Morgan fingerprint density at radius 2 is 2.05 bits per heavy atom. The first-order valence-corrected chi connectivity index (χ1v) is 9.76. The second kappa shape index (κ2) is 10.3. The molecule has 1 saturated heterocycles. The predicted molar refractivity (Wildman–Crippen MR) is 95.2 cm³/mol. The van der Waals surface area contributed by atoms with Crippen LogP contribution in [0.2, 0.25) is 0 Å². The van der Waals surface area contributed by atoms with Crippen LogP contribution in [0.15, 0.2) is 30.3 Å². The molecule has 0 bridgehead atoms. The van der Waals surface area contributed by atoms with E-state index in [0.29, 0.717) is 0 Å². The Labute approximate surface area is 134 Å². The number of nitrogens with one attached hydrogen (secondary N) is 1. The van der Waals surface area contributed by atoms with Crippen molar-refractivity contribution in [2.24, 2.45) is 0 Å². The zero-order valence-electron chi connectivity index (χ0n) is 13.4. The van der Waals surface area contributed by atoms with Crippen LogP contribution in [0.1, 0.15) is 31.2 Å². The Morgan fingerprint density at radius 3 is 2.86 bits per heavy atom. The fraction of sp³-hybridized carbons (Fsp3) is 0.667. The SMILES string of the molecule is CSCCCCCNC1CCN(CCc2ccccc2)C1. The number of benzene rings is 1. The topological polar surface area (TPSA) is 15.3 Å². The molecule has 3 heteroatoms. The van der Waals surface area contributed by atoms with E-state index >= 15 is 0 Å². The lowest BCUT2D eigenvalue weighted by Gasteiger charge is -2.16. The average Bonchev–Trinajstić information content (AvgIpc) is 2.98. The van der Waals surface area contributed by atoms with Gasteiger partial charge in [-0.2, -0.15) is 11.8 Å². The summed E-state index contributed by atoms with van der Waals surface area (Å²) in [6.45, 7) is 4.90. The third-order valence-electron chi connectivity index (χ3n) is 4.29. The van der Waals surface area contributed by atoms with Crippen molar-refractivity contribution in [3.63, 3.8) is 0 Å². The van der Waals surface area contributed by atoms with Gasteiger partial charge in [-0.15, -0.1) is 0 Å². The van der Waals surface area contributed by atoms with E-state index in [1.54, 1.807) is 0 Å². The maximum absolute atomic E-state index is 3.74. The van der Waals surface area contributed by atoms with Gasteiger partial charge in [-0.25, -0.2) is 0 Å². The van der Waals surface area contributed by atoms with Crippen LogP contribution in [-0.2, 0) is 6.42 Å². The highest BCUT2D eigenvalue weighted by molar-refractivity contribution is 7.98. The Balaban J connectivity index is 1.52. The van der Waals surface area contributed by atoms with Crippen LogP contribution in [0.25, 0.3) is 0 Å². The molecule has 0 amide bonds. The summed E-state index contributed by atoms with van der Waals surface area (Å²) >= 11 is 1.96. The van der Waals surface area contributed by atoms with Crippen molar-refractivity contribution < 1.29 is 0 Å². The van der Waals surface area contributed by atoms with Crippen molar-refractivity contribution >= 4 is 11.8 Å². The van der Waals surface area contributed by atoms with Gasteiger partial charge >= 0.3 is 0 Å². The summed E-state index contributed by atoms with van der Waals surface area (Å²) in [5.41, 5.74) is 1.46. The highest BCUT2D eigenvalue weighted by atomic mass is 32.2. The minimum absolute atomic E-state index is 0.723. The number of unbranched alkanes of at least 4 members (excludes halogenated alkanes) is 2. The largest absolute Gasteiger partial charge is 0.313 e. The molecule has 1 aromatic rings. The Kier molecular flexibility index (Phi) is 8.23. The lowest BCUT2D eigenvalue weighted by Crippen LogP contribution is -2.33. The molecule has 1 heterocycles. The van der Waals surface area contributed by atoms with Gasteiger partial charge in [-0.3, -0.25) is 0 Å². The van der Waals surface area contributed by atoms with Crippen LogP contribution < -0.4 is 5.32 Å². The van der Waals surface area contributed by atoms with Gasteiger partial charge < -0.3 is 10.2 Å². The highest BCUT2D eigenvalue weighted by Gasteiger charge is 2.21. The van der Waals surface area contributed by atoms with Gasteiger partial charge in [-0.05, 0) is 56.3 Å². The van der Waals surface area contributed by atoms with E-state index in [9.17, 15) is 0 Å². The van der Waals surface area contributed by atoms with Gasteiger partial charge in [0.2, 0.25) is 0 Å². The minimum atomic E-state index is 0.723. The Hall–Kier alpha value is -0.510. The summed E-state index contributed by atoms with van der Waals surface area (Å²) in [4.78, 5) is 2.61. The molecule has 21 heavy (non-hydrogen) atoms. The molecular formula is C18H30N2S. The molecule has 0 saturated carbocycles. The van der Waals surface area contributed by atoms with E-state index in [1.165, 1.54) is 69.6 Å². The fourth-order valence-corrected chi connectivity index (χ4v) is 3.48. The van der Waals surface area contributed by atoms with Crippen LogP contribution in [0.3, 0.4) is 0 Å². The first-order valence-electron chi connectivity index (χ1n) is 8.37. The summed E-state index contributed by atoms with van der Waals surface area (Å²) in [5.74, 6) is 1.32. The number of hydrogen-bond donors (Lipinski definition) is 1. The standard InChI is InChI=1S/C18H30N2S/c1-21-15-7-3-6-12-19-18-11-14-20(16-18)13-10-17-8-4-2-5-9-17/h2,4-5,8-9,18-19H,3,6-7,10-16H2,1H3. The van der Waals surface area contributed by atoms with Crippen molar-refractivity contribution in [1.29, 1.82) is 0 Å². The molecule has 1 atom stereocenters. The molecule has 1 aromatic carbocycles. The maximum Gasteiger partial charge on any atom is 0.0207 e. The number of nitrogens with zero attached hydrogens (tertiary/aromatic N) is 1. The molecule has 0 aromatic heterocycles. The quantitative estimate of drug-likeness (QED) is 0.667. The molecule has 2 nitrogen and oxygen atoms in total. The summed E-state index contributed by atoms with van der Waals surface area (Å²) in [5, 5.41) is 3.74. The molecule has 1 fully saturated rings. The van der Waals surface area contributed by atoms with Crippen molar-refractivity contribution in [2.45, 2.75) is 38.1 Å². The molecule has 0 radical (unpaired) electrons. The van der Waals surface area contributed by atoms with Gasteiger partial charge in [0.05, 0.1) is 0 Å². The third kappa shape index (κ3) is 6.86. The number of rotatable bonds is 10. The van der Waals surface area contributed by atoms with E-state index in [4.69, 9.17) is 0 Å². The van der Waals surface area contributed by atoms with Crippen LogP contribution in [0, 0.1) is 0 Å². The van der Waals surface area contributed by atoms with Gasteiger partial charge in [0.15, 0.2) is 0 Å². The maximum atomic E-state index is 3.74. The van der Waals surface area contributed by atoms with E-state index in [2.05, 4.69) is 46.8 Å². The Bertz CT molecular complexity index is 369. The molecule has 1 aliphatic heterocycles. The molecule has 0 spiro atoms. The van der Waals surface area contributed by atoms with Crippen molar-refractivity contribution in [3.05, 3.63) is 35.9 Å². The molecule has 1 aliphatic rings. The molecule has 118 valence electrons. The fourth-order valence-electron chi connectivity index (χ4n) is 2.99. The Morgan fingerprint density at radius 1 is 1.19 bits per heavy atom. The van der Waals surface area contributed by atoms with Crippen LogP contribution in [-0.4, -0.2) is 49.1 Å². The number of likely N-dealkylation sites (tertiary alicyclic amines) is 1. The first kappa shape index (κ1) is 16.9. The second-order valence-electron chi connectivity index (χ2n) is 6.03. The van der Waals surface area contributed by atoms with Crippen molar-refractivity contribution in [3.8, 4) is 0 Å². The highest BCUT2D eigenvalue weighted by Crippen LogP contribution is 2.11. The normalized spacial score (nSPS) is 19.2. The molecular weight excluding hydrogens is 276 g/mol. The van der Waals surface area contributed by atoms with Crippen LogP contribution >= 0.6 is 11.8 Å². The second-order valence-corrected chi connectivity index (χ2v) is 7.01. The third-order valence-corrected chi connectivity index (χ3v) is 4.99. The summed E-state index contributed by atoms with van der Waals surface area (Å²) in [6, 6.07) is 11.6. The van der Waals surface area contributed by atoms with E-state index in [0.717, 1.165) is 6.04 Å². The van der Waals surface area contributed by atoms with Gasteiger partial charge in [0.1, 0.15) is 0 Å². The van der Waals surface area contributed by atoms with E-state index in [1.807, 2.05) is 11.8 Å². The van der Waals surface area contributed by atoms with Gasteiger partial charge in [-0.1, -0.05) is 36.8 Å². The number of thioether (sulfide) groups is 1. The molecule has 1 unspecified atom stereocenters. The van der Waals surface area contributed by atoms with E-state index in [-0.39, 0.29) is 0 Å². The summed E-state index contributed by atoms with van der Waals surface area (Å²) < 4.78 is 0. The number of hydrogen-bond acceptors (Lipinski definition) is 3. The van der Waals surface area contributed by atoms with Crippen LogP contribution in [0.5, 0.6) is 0 Å². The smallest absolute Gasteiger partial charge is 0.0207 e. The molecule has 1 N–H and O–H groups in total. The van der Waals surface area contributed by atoms with E-state index < -0.39 is 0 Å². The average molecular weight is 307 g/mol. The molecule has 0 aliphatic carbocycles. The van der Waals surface area contributed by atoms with Crippen molar-refractivity contribution in [2.75, 3.05) is 38.2 Å². The monoisotopic (exact) mass is 306 g/mol. The van der Waals surface area contributed by atoms with Gasteiger partial charge in [0, 0.05) is 19.1 Å². The lowest BCUT2D eigenvalue weighted by atomic mass is 10.1. The predicted octanol–water partition coefficient (Wildman–Crippen LogP) is 3.43. The zero-order valence-corrected chi connectivity index (χ0v) is 14.2. The summed E-state index contributed by atoms with van der Waals surface area (Å²) in [6.07, 6.45) is 8.78. The summed E-state index contributed by atoms with van der Waals surface area (Å²) in [7, 11) is 0. The molecule has 2 rings (SSSR count). The zero-order chi connectivity index (χ0) is 14.8. The lowest BCUT2D eigenvalue weighted by molar-refractivity contribution is 0.331. The first-order chi connectivity index (χ1) is 10.4.